The number of carboxylic acid groups (broad SMARTS) is 1. The molecule has 94 valence electrons. The Labute approximate surface area is 105 Å². The van der Waals surface area contributed by atoms with Gasteiger partial charge in [0.25, 0.3) is 0 Å². The number of aliphatic carboxylic acids is 1. The molecule has 0 aromatic rings. The fraction of sp³-hybridized carbons (Fsp3) is 0.300. The lowest BCUT2D eigenvalue weighted by Crippen LogP contribution is -2.39. The van der Waals surface area contributed by atoms with Gasteiger partial charge in [-0.25, -0.2) is 17.9 Å². The fourth-order valence-corrected chi connectivity index (χ4v) is 2.50. The third-order valence-electron chi connectivity index (χ3n) is 2.40. The van der Waals surface area contributed by atoms with Gasteiger partial charge in [0.05, 0.1) is 5.57 Å². The van der Waals surface area contributed by atoms with E-state index in [0.29, 0.717) is 0 Å². The van der Waals surface area contributed by atoms with Gasteiger partial charge in [-0.05, 0) is 32.2 Å². The predicted octanol–water partition coefficient (Wildman–Crippen LogP) is 0.998. The largest absolute Gasteiger partial charge is 0.478 e. The van der Waals surface area contributed by atoms with Crippen molar-refractivity contribution in [3.8, 4) is 0 Å². The number of carboxylic acids is 1. The minimum Gasteiger partial charge on any atom is -0.478 e. The van der Waals surface area contributed by atoms with E-state index in [0.717, 1.165) is 6.08 Å². The molecule has 0 saturated carbocycles. The van der Waals surface area contributed by atoms with E-state index >= 15 is 0 Å². The van der Waals surface area contributed by atoms with Crippen molar-refractivity contribution >= 4 is 27.6 Å². The van der Waals surface area contributed by atoms with Crippen LogP contribution in [0.5, 0.6) is 0 Å². The lowest BCUT2D eigenvalue weighted by atomic mass is 10.1. The van der Waals surface area contributed by atoms with E-state index in [1.165, 1.54) is 32.2 Å². The van der Waals surface area contributed by atoms with Crippen molar-refractivity contribution in [3.05, 3.63) is 34.9 Å². The molecule has 0 radical (unpaired) electrons. The average molecular weight is 278 g/mol. The first-order valence-electron chi connectivity index (χ1n) is 4.67. The molecule has 0 amide bonds. The van der Waals surface area contributed by atoms with Crippen LogP contribution in [0.4, 0.5) is 0 Å². The second-order valence-electron chi connectivity index (χ2n) is 3.66. The van der Waals surface area contributed by atoms with Crippen LogP contribution in [0.2, 0.25) is 0 Å². The van der Waals surface area contributed by atoms with Crippen LogP contribution in [0, 0.1) is 0 Å². The first-order valence-corrected chi connectivity index (χ1v) is 6.53. The number of hydrogen-bond acceptors (Lipinski definition) is 3. The number of hydrogen-bond donors (Lipinski definition) is 2. The molecule has 0 fully saturated rings. The van der Waals surface area contributed by atoms with Gasteiger partial charge in [-0.3, -0.25) is 0 Å². The molecule has 1 atom stereocenters. The lowest BCUT2D eigenvalue weighted by Gasteiger charge is -2.21. The Hall–Kier alpha value is -1.11. The number of halogens is 1. The standard InChI is InChI=1S/C10H12ClNO4S/c1-10(17(15,16)12-2)4-3-8(11)5-7(6-10)9(13)14/h3-6,12H,1-2H3,(H,13,14). The highest BCUT2D eigenvalue weighted by molar-refractivity contribution is 7.91. The maximum atomic E-state index is 11.8. The number of sulfonamides is 1. The minimum absolute atomic E-state index is 0.161. The van der Waals surface area contributed by atoms with Gasteiger partial charge < -0.3 is 5.11 Å². The second-order valence-corrected chi connectivity index (χ2v) is 6.39. The summed E-state index contributed by atoms with van der Waals surface area (Å²) in [6.07, 6.45) is 5.06. The molecule has 17 heavy (non-hydrogen) atoms. The molecule has 0 bridgehead atoms. The van der Waals surface area contributed by atoms with Crippen molar-refractivity contribution in [2.75, 3.05) is 7.05 Å². The van der Waals surface area contributed by atoms with Crippen LogP contribution in [0.15, 0.2) is 34.9 Å². The molecule has 1 aliphatic carbocycles. The van der Waals surface area contributed by atoms with Crippen LogP contribution in [0.1, 0.15) is 6.92 Å². The molecule has 0 spiro atoms. The van der Waals surface area contributed by atoms with Crippen LogP contribution in [0.3, 0.4) is 0 Å². The van der Waals surface area contributed by atoms with Gasteiger partial charge in [0, 0.05) is 5.03 Å². The number of rotatable bonds is 3. The smallest absolute Gasteiger partial charge is 0.335 e. The van der Waals surface area contributed by atoms with Crippen molar-refractivity contribution < 1.29 is 18.3 Å². The molecule has 0 saturated heterocycles. The summed E-state index contributed by atoms with van der Waals surface area (Å²) in [5.41, 5.74) is -0.165. The summed E-state index contributed by atoms with van der Waals surface area (Å²) in [6.45, 7) is 1.39. The summed E-state index contributed by atoms with van der Waals surface area (Å²) < 4.78 is 24.4. The van der Waals surface area contributed by atoms with Crippen molar-refractivity contribution in [3.63, 3.8) is 0 Å². The normalized spacial score (nSPS) is 24.9. The third kappa shape index (κ3) is 2.77. The molecule has 1 unspecified atom stereocenters. The van der Waals surface area contributed by atoms with Gasteiger partial charge >= 0.3 is 5.97 Å². The quantitative estimate of drug-likeness (QED) is 0.806. The SMILES string of the molecule is CNS(=O)(=O)C1(C)C=CC(Cl)=CC(C(=O)O)=C1. The summed E-state index contributed by atoms with van der Waals surface area (Å²) in [7, 11) is -2.44. The van der Waals surface area contributed by atoms with Gasteiger partial charge in [-0.15, -0.1) is 0 Å². The molecule has 0 heterocycles. The number of carbonyl (C=O) groups is 1. The van der Waals surface area contributed by atoms with E-state index in [1.54, 1.807) is 0 Å². The average Bonchev–Trinajstić information content (AvgIpc) is 2.40. The summed E-state index contributed by atoms with van der Waals surface area (Å²) in [6, 6.07) is 0. The van der Waals surface area contributed by atoms with Crippen LogP contribution >= 0.6 is 11.6 Å². The highest BCUT2D eigenvalue weighted by Crippen LogP contribution is 2.27. The zero-order valence-electron chi connectivity index (χ0n) is 9.27. The zero-order valence-corrected chi connectivity index (χ0v) is 10.8. The monoisotopic (exact) mass is 277 g/mol. The predicted molar refractivity (Wildman–Crippen MR) is 65.2 cm³/mol. The molecular formula is C10H12ClNO4S. The Morgan fingerprint density at radius 1 is 1.53 bits per heavy atom. The van der Waals surface area contributed by atoms with E-state index in [4.69, 9.17) is 16.7 Å². The van der Waals surface area contributed by atoms with E-state index < -0.39 is 20.7 Å². The minimum atomic E-state index is -3.70. The van der Waals surface area contributed by atoms with E-state index in [2.05, 4.69) is 4.72 Å². The summed E-state index contributed by atoms with van der Waals surface area (Å²) in [4.78, 5) is 10.9. The topological polar surface area (TPSA) is 83.5 Å². The van der Waals surface area contributed by atoms with Crippen LogP contribution in [-0.4, -0.2) is 31.3 Å². The fourth-order valence-electron chi connectivity index (χ4n) is 1.35. The number of nitrogens with one attached hydrogen (secondary N) is 1. The van der Waals surface area contributed by atoms with Gasteiger partial charge in [-0.2, -0.15) is 0 Å². The Balaban J connectivity index is 3.43. The van der Waals surface area contributed by atoms with Gasteiger partial charge in [0.2, 0.25) is 10.0 Å². The lowest BCUT2D eigenvalue weighted by molar-refractivity contribution is -0.132. The van der Waals surface area contributed by atoms with E-state index in [-0.39, 0.29) is 10.6 Å². The van der Waals surface area contributed by atoms with Crippen LogP contribution in [0.25, 0.3) is 0 Å². The van der Waals surface area contributed by atoms with Crippen molar-refractivity contribution in [1.29, 1.82) is 0 Å². The summed E-state index contributed by atoms with van der Waals surface area (Å²) in [5, 5.41) is 9.10. The van der Waals surface area contributed by atoms with E-state index in [1.807, 2.05) is 0 Å². The Morgan fingerprint density at radius 2 is 2.12 bits per heavy atom. The molecule has 2 N–H and O–H groups in total. The molecule has 1 aliphatic rings. The van der Waals surface area contributed by atoms with Crippen molar-refractivity contribution in [2.24, 2.45) is 0 Å². The van der Waals surface area contributed by atoms with Crippen LogP contribution in [-0.2, 0) is 14.8 Å². The Morgan fingerprint density at radius 3 is 2.59 bits per heavy atom. The summed E-state index contributed by atoms with van der Waals surface area (Å²) in [5.74, 6) is -1.23. The molecule has 0 aromatic heterocycles. The Kier molecular flexibility index (Phi) is 3.81. The molecule has 1 rings (SSSR count). The molecule has 7 heteroatoms. The third-order valence-corrected chi connectivity index (χ3v) is 4.59. The molecule has 5 nitrogen and oxygen atoms in total. The zero-order chi connectivity index (χ0) is 13.3. The Bertz CT molecular complexity index is 533. The highest BCUT2D eigenvalue weighted by Gasteiger charge is 2.35. The first kappa shape index (κ1) is 14.0. The van der Waals surface area contributed by atoms with Crippen molar-refractivity contribution in [2.45, 2.75) is 11.7 Å². The van der Waals surface area contributed by atoms with E-state index in [9.17, 15) is 13.2 Å². The molecular weight excluding hydrogens is 266 g/mol. The van der Waals surface area contributed by atoms with Gasteiger partial charge in [0.15, 0.2) is 0 Å². The second kappa shape index (κ2) is 4.64. The highest BCUT2D eigenvalue weighted by atomic mass is 35.5. The number of allylic oxidation sites excluding steroid dienone is 2. The van der Waals surface area contributed by atoms with Crippen molar-refractivity contribution in [1.82, 2.24) is 4.72 Å². The van der Waals surface area contributed by atoms with Gasteiger partial charge in [-0.1, -0.05) is 17.7 Å². The molecule has 0 aliphatic heterocycles. The first-order chi connectivity index (χ1) is 7.72. The van der Waals surface area contributed by atoms with Gasteiger partial charge in [0.1, 0.15) is 4.75 Å². The maximum absolute atomic E-state index is 11.8. The summed E-state index contributed by atoms with van der Waals surface area (Å²) >= 11 is 5.74. The maximum Gasteiger partial charge on any atom is 0.335 e. The van der Waals surface area contributed by atoms with Crippen LogP contribution < -0.4 is 4.72 Å². The molecule has 0 aromatic carbocycles.